The van der Waals surface area contributed by atoms with Crippen molar-refractivity contribution in [3.8, 4) is 5.75 Å². The molecular formula is C9H13Cl3N2O. The molecule has 0 aromatic carbocycles. The molecule has 0 saturated carbocycles. The van der Waals surface area contributed by atoms with Gasteiger partial charge in [-0.25, -0.2) is 4.98 Å². The molecule has 1 N–H and O–H groups in total. The minimum Gasteiger partial charge on any atom is -0.490 e. The molecule has 0 amide bonds. The van der Waals surface area contributed by atoms with Gasteiger partial charge >= 0.3 is 0 Å². The summed E-state index contributed by atoms with van der Waals surface area (Å²) >= 11 is 5.63. The average molecular weight is 272 g/mol. The van der Waals surface area contributed by atoms with E-state index in [-0.39, 0.29) is 24.8 Å². The van der Waals surface area contributed by atoms with Gasteiger partial charge in [-0.05, 0) is 25.1 Å². The smallest absolute Gasteiger partial charge is 0.137 e. The van der Waals surface area contributed by atoms with Gasteiger partial charge in [-0.1, -0.05) is 11.6 Å². The van der Waals surface area contributed by atoms with Gasteiger partial charge in [0.15, 0.2) is 0 Å². The van der Waals surface area contributed by atoms with E-state index < -0.39 is 0 Å². The number of hydrogen-bond donors (Lipinski definition) is 1. The summed E-state index contributed by atoms with van der Waals surface area (Å²) in [5.41, 5.74) is 0. The highest BCUT2D eigenvalue weighted by Gasteiger charge is 2.16. The Kier molecular flexibility index (Phi) is 7.02. The molecular weight excluding hydrogens is 258 g/mol. The molecule has 3 nitrogen and oxygen atoms in total. The largest absolute Gasteiger partial charge is 0.490 e. The monoisotopic (exact) mass is 270 g/mol. The highest BCUT2D eigenvalue weighted by Crippen LogP contribution is 2.13. The Morgan fingerprint density at radius 2 is 2.20 bits per heavy atom. The van der Waals surface area contributed by atoms with E-state index >= 15 is 0 Å². The SMILES string of the molecule is Cl.Cl.Clc1ccc(OC[C@@H]2CCN2)cn1. The molecule has 0 aliphatic carbocycles. The Labute approximate surface area is 106 Å². The van der Waals surface area contributed by atoms with Crippen LogP contribution in [0.1, 0.15) is 6.42 Å². The van der Waals surface area contributed by atoms with Gasteiger partial charge in [0.1, 0.15) is 17.5 Å². The Bertz CT molecular complexity index is 277. The first kappa shape index (κ1) is 14.8. The second-order valence-corrected chi connectivity index (χ2v) is 3.45. The molecule has 0 unspecified atom stereocenters. The van der Waals surface area contributed by atoms with Crippen LogP contribution in [-0.4, -0.2) is 24.2 Å². The lowest BCUT2D eigenvalue weighted by Gasteiger charge is -2.27. The summed E-state index contributed by atoms with van der Waals surface area (Å²) in [4.78, 5) is 3.92. The van der Waals surface area contributed by atoms with Crippen molar-refractivity contribution in [3.05, 3.63) is 23.5 Å². The molecule has 0 spiro atoms. The predicted molar refractivity (Wildman–Crippen MR) is 65.6 cm³/mol. The van der Waals surface area contributed by atoms with Crippen LogP contribution < -0.4 is 10.1 Å². The van der Waals surface area contributed by atoms with Crippen LogP contribution in [0, 0.1) is 0 Å². The topological polar surface area (TPSA) is 34.1 Å². The molecule has 1 aromatic rings. The normalized spacial score (nSPS) is 18.1. The van der Waals surface area contributed by atoms with E-state index in [0.717, 1.165) is 12.3 Å². The molecule has 2 rings (SSSR count). The number of ether oxygens (including phenoxy) is 1. The molecule has 2 heterocycles. The Hall–Kier alpha value is -0.220. The van der Waals surface area contributed by atoms with Crippen molar-refractivity contribution in [1.82, 2.24) is 10.3 Å². The van der Waals surface area contributed by atoms with Crippen LogP contribution in [0.15, 0.2) is 18.3 Å². The van der Waals surface area contributed by atoms with Crippen LogP contribution in [0.25, 0.3) is 0 Å². The van der Waals surface area contributed by atoms with E-state index in [1.807, 2.05) is 6.07 Å². The number of rotatable bonds is 3. The van der Waals surface area contributed by atoms with E-state index in [9.17, 15) is 0 Å². The molecule has 1 aliphatic rings. The first-order valence-electron chi connectivity index (χ1n) is 4.32. The number of aromatic nitrogens is 1. The van der Waals surface area contributed by atoms with Crippen LogP contribution >= 0.6 is 36.4 Å². The number of hydrogen-bond acceptors (Lipinski definition) is 3. The van der Waals surface area contributed by atoms with Gasteiger partial charge in [0.05, 0.1) is 6.20 Å². The van der Waals surface area contributed by atoms with Gasteiger partial charge in [-0.15, -0.1) is 24.8 Å². The van der Waals surface area contributed by atoms with Crippen LogP contribution in [0.2, 0.25) is 5.15 Å². The van der Waals surface area contributed by atoms with Gasteiger partial charge in [0.2, 0.25) is 0 Å². The summed E-state index contributed by atoms with van der Waals surface area (Å²) in [6.45, 7) is 1.82. The molecule has 86 valence electrons. The van der Waals surface area contributed by atoms with Crippen molar-refractivity contribution in [3.63, 3.8) is 0 Å². The molecule has 6 heteroatoms. The van der Waals surface area contributed by atoms with Crippen LogP contribution in [0.4, 0.5) is 0 Å². The van der Waals surface area contributed by atoms with Gasteiger partial charge in [-0.2, -0.15) is 0 Å². The maximum atomic E-state index is 5.63. The molecule has 1 aromatic heterocycles. The van der Waals surface area contributed by atoms with Crippen molar-refractivity contribution in [1.29, 1.82) is 0 Å². The molecule has 1 fully saturated rings. The Morgan fingerprint density at radius 1 is 1.47 bits per heavy atom. The lowest BCUT2D eigenvalue weighted by atomic mass is 10.1. The first-order chi connectivity index (χ1) is 6.34. The predicted octanol–water partition coefficient (Wildman–Crippen LogP) is 2.32. The summed E-state index contributed by atoms with van der Waals surface area (Å²) in [6, 6.07) is 4.06. The number of nitrogens with zero attached hydrogens (tertiary/aromatic N) is 1. The lowest BCUT2D eigenvalue weighted by molar-refractivity contribution is 0.217. The Morgan fingerprint density at radius 3 is 2.67 bits per heavy atom. The van der Waals surface area contributed by atoms with Gasteiger partial charge in [0.25, 0.3) is 0 Å². The van der Waals surface area contributed by atoms with Gasteiger partial charge in [-0.3, -0.25) is 0 Å². The van der Waals surface area contributed by atoms with E-state index in [4.69, 9.17) is 16.3 Å². The zero-order chi connectivity index (χ0) is 9.10. The first-order valence-corrected chi connectivity index (χ1v) is 4.70. The third kappa shape index (κ3) is 4.43. The zero-order valence-corrected chi connectivity index (χ0v) is 10.4. The third-order valence-electron chi connectivity index (χ3n) is 2.08. The van der Waals surface area contributed by atoms with Crippen molar-refractivity contribution in [2.45, 2.75) is 12.5 Å². The fraction of sp³-hybridized carbons (Fsp3) is 0.444. The average Bonchev–Trinajstić information content (AvgIpc) is 2.05. The molecule has 1 atom stereocenters. The van der Waals surface area contributed by atoms with Crippen molar-refractivity contribution < 1.29 is 4.74 Å². The highest BCUT2D eigenvalue weighted by molar-refractivity contribution is 6.29. The van der Waals surface area contributed by atoms with Crippen molar-refractivity contribution in [2.24, 2.45) is 0 Å². The summed E-state index contributed by atoms with van der Waals surface area (Å²) < 4.78 is 5.48. The van der Waals surface area contributed by atoms with E-state index in [0.29, 0.717) is 17.8 Å². The quantitative estimate of drug-likeness (QED) is 0.857. The van der Waals surface area contributed by atoms with Gasteiger partial charge < -0.3 is 10.1 Å². The van der Waals surface area contributed by atoms with Gasteiger partial charge in [0, 0.05) is 6.04 Å². The highest BCUT2D eigenvalue weighted by atomic mass is 35.5. The molecule has 1 aliphatic heterocycles. The lowest BCUT2D eigenvalue weighted by Crippen LogP contribution is -2.46. The van der Waals surface area contributed by atoms with E-state index in [1.165, 1.54) is 6.42 Å². The minimum absolute atomic E-state index is 0. The Balaban J connectivity index is 0.000000980. The van der Waals surface area contributed by atoms with Crippen LogP contribution in [0.3, 0.4) is 0 Å². The van der Waals surface area contributed by atoms with Crippen molar-refractivity contribution in [2.75, 3.05) is 13.2 Å². The second kappa shape index (κ2) is 7.12. The summed E-state index contributed by atoms with van der Waals surface area (Å²) in [7, 11) is 0. The van der Waals surface area contributed by atoms with E-state index in [1.54, 1.807) is 12.3 Å². The van der Waals surface area contributed by atoms with Crippen molar-refractivity contribution >= 4 is 36.4 Å². The van der Waals surface area contributed by atoms with E-state index in [2.05, 4.69) is 10.3 Å². The number of halogens is 3. The standard InChI is InChI=1S/C9H11ClN2O.2ClH/c10-9-2-1-8(5-12-9)13-6-7-3-4-11-7;;/h1-2,5,7,11H,3-4,6H2;2*1H/t7-;;/m0../s1. The third-order valence-corrected chi connectivity index (χ3v) is 2.30. The minimum atomic E-state index is 0. The molecule has 15 heavy (non-hydrogen) atoms. The molecule has 0 bridgehead atoms. The molecule has 0 radical (unpaired) electrons. The fourth-order valence-electron chi connectivity index (χ4n) is 1.14. The second-order valence-electron chi connectivity index (χ2n) is 3.07. The van der Waals surface area contributed by atoms with Crippen LogP contribution in [0.5, 0.6) is 5.75 Å². The van der Waals surface area contributed by atoms with Crippen LogP contribution in [-0.2, 0) is 0 Å². The summed E-state index contributed by atoms with van der Waals surface area (Å²) in [5.74, 6) is 0.776. The fourth-order valence-corrected chi connectivity index (χ4v) is 1.25. The maximum absolute atomic E-state index is 5.63. The zero-order valence-electron chi connectivity index (χ0n) is 7.98. The number of nitrogens with one attached hydrogen (secondary N) is 1. The summed E-state index contributed by atoms with van der Waals surface area (Å²) in [6.07, 6.45) is 2.84. The summed E-state index contributed by atoms with van der Waals surface area (Å²) in [5, 5.41) is 3.75. The molecule has 1 saturated heterocycles. The number of pyridine rings is 1. The maximum Gasteiger partial charge on any atom is 0.137 e.